The minimum atomic E-state index is -5.43. The fraction of sp³-hybridized carbons (Fsp3) is 1.00. The second-order valence-corrected chi connectivity index (χ2v) is 5.36. The minimum absolute atomic E-state index is 0.256. The molecule has 0 saturated heterocycles. The van der Waals surface area contributed by atoms with Gasteiger partial charge in [0.25, 0.3) is 0 Å². The maximum atomic E-state index is 11.8. The Balaban J connectivity index is 3.47. The van der Waals surface area contributed by atoms with Crippen molar-refractivity contribution < 1.29 is 30.5 Å². The van der Waals surface area contributed by atoms with E-state index in [0.29, 0.717) is 26.1 Å². The summed E-state index contributed by atoms with van der Waals surface area (Å²) in [5, 5.41) is 0. The van der Waals surface area contributed by atoms with Gasteiger partial charge < -0.3 is 4.74 Å². The molecule has 0 fully saturated rings. The van der Waals surface area contributed by atoms with Crippen molar-refractivity contribution in [2.24, 2.45) is 0 Å². The van der Waals surface area contributed by atoms with Crippen molar-refractivity contribution >= 4 is 10.1 Å². The average Bonchev–Trinajstić information content (AvgIpc) is 2.25. The van der Waals surface area contributed by atoms with E-state index in [-0.39, 0.29) is 6.42 Å². The lowest BCUT2D eigenvalue weighted by atomic mass is 10.2. The molecule has 8 heteroatoms. The summed E-state index contributed by atoms with van der Waals surface area (Å²) in [5.74, 6) is 0. The summed E-state index contributed by atoms with van der Waals surface area (Å²) in [5.41, 5.74) is -5.34. The van der Waals surface area contributed by atoms with Gasteiger partial charge in [-0.2, -0.15) is 21.6 Å². The van der Waals surface area contributed by atoms with E-state index < -0.39 is 22.2 Å². The van der Waals surface area contributed by atoms with Crippen LogP contribution in [0, 0.1) is 0 Å². The normalized spacial score (nSPS) is 12.9. The molecule has 0 aliphatic rings. The van der Waals surface area contributed by atoms with E-state index in [2.05, 4.69) is 4.18 Å². The highest BCUT2D eigenvalue weighted by Gasteiger charge is 2.47. The van der Waals surface area contributed by atoms with Gasteiger partial charge in [0.05, 0.1) is 6.61 Å². The largest absolute Gasteiger partial charge is 0.523 e. The molecule has 0 amide bonds. The van der Waals surface area contributed by atoms with Gasteiger partial charge >= 0.3 is 15.6 Å². The number of halogens is 3. The molecular formula is C10H19F3O4S. The van der Waals surface area contributed by atoms with Crippen molar-refractivity contribution in [3.05, 3.63) is 0 Å². The van der Waals surface area contributed by atoms with Crippen LogP contribution >= 0.6 is 0 Å². The lowest BCUT2D eigenvalue weighted by Gasteiger charge is -2.08. The van der Waals surface area contributed by atoms with Gasteiger partial charge in [0.2, 0.25) is 0 Å². The highest BCUT2D eigenvalue weighted by atomic mass is 32.2. The number of hydrogen-bond acceptors (Lipinski definition) is 4. The number of hydrogen-bond donors (Lipinski definition) is 0. The van der Waals surface area contributed by atoms with E-state index >= 15 is 0 Å². The third-order valence-corrected chi connectivity index (χ3v) is 3.14. The summed E-state index contributed by atoms with van der Waals surface area (Å²) >= 11 is 0. The van der Waals surface area contributed by atoms with Crippen LogP contribution in [0.15, 0.2) is 0 Å². The summed E-state index contributed by atoms with van der Waals surface area (Å²) in [6.07, 6.45) is 3.53. The van der Waals surface area contributed by atoms with Gasteiger partial charge in [0.15, 0.2) is 0 Å². The zero-order valence-electron chi connectivity index (χ0n) is 10.3. The second kappa shape index (κ2) is 8.71. The van der Waals surface area contributed by atoms with Crippen LogP contribution in [0.4, 0.5) is 13.2 Å². The summed E-state index contributed by atoms with van der Waals surface area (Å²) in [4.78, 5) is 0. The quantitative estimate of drug-likeness (QED) is 0.353. The standard InChI is InChI=1S/C10H19F3O4S/c1-2-3-7-16-8-5-4-6-9-17-18(14,15)10(11,12)13/h2-9H2,1H3. The van der Waals surface area contributed by atoms with Crippen LogP contribution in [0.3, 0.4) is 0 Å². The fourth-order valence-corrected chi connectivity index (χ4v) is 1.54. The molecule has 0 aliphatic carbocycles. The van der Waals surface area contributed by atoms with Crippen molar-refractivity contribution in [1.82, 2.24) is 0 Å². The molecule has 0 heterocycles. The average molecular weight is 292 g/mol. The zero-order valence-corrected chi connectivity index (χ0v) is 11.1. The molecule has 0 aromatic rings. The first-order valence-corrected chi connectivity index (χ1v) is 7.25. The van der Waals surface area contributed by atoms with Gasteiger partial charge in [-0.05, 0) is 25.7 Å². The Morgan fingerprint density at radius 1 is 0.944 bits per heavy atom. The van der Waals surface area contributed by atoms with Crippen LogP contribution in [0.5, 0.6) is 0 Å². The predicted octanol–water partition coefficient (Wildman–Crippen LogP) is 2.84. The molecule has 0 spiro atoms. The Morgan fingerprint density at radius 2 is 1.50 bits per heavy atom. The Kier molecular flexibility index (Phi) is 8.54. The predicted molar refractivity (Wildman–Crippen MR) is 60.5 cm³/mol. The summed E-state index contributed by atoms with van der Waals surface area (Å²) in [6.45, 7) is 2.81. The minimum Gasteiger partial charge on any atom is -0.381 e. The smallest absolute Gasteiger partial charge is 0.381 e. The van der Waals surface area contributed by atoms with Crippen molar-refractivity contribution in [2.75, 3.05) is 19.8 Å². The Morgan fingerprint density at radius 3 is 2.06 bits per heavy atom. The highest BCUT2D eigenvalue weighted by Crippen LogP contribution is 2.24. The molecule has 0 aromatic carbocycles. The number of rotatable bonds is 10. The Bertz CT molecular complexity index is 301. The molecule has 110 valence electrons. The maximum absolute atomic E-state index is 11.8. The molecule has 0 saturated carbocycles. The van der Waals surface area contributed by atoms with Crippen LogP contribution in [0.2, 0.25) is 0 Å². The van der Waals surface area contributed by atoms with Gasteiger partial charge in [-0.15, -0.1) is 0 Å². The number of ether oxygens (including phenoxy) is 1. The van der Waals surface area contributed by atoms with Gasteiger partial charge in [-0.3, -0.25) is 4.18 Å². The van der Waals surface area contributed by atoms with Gasteiger partial charge in [-0.1, -0.05) is 13.3 Å². The molecular weight excluding hydrogens is 273 g/mol. The molecule has 0 aliphatic heterocycles. The molecule has 18 heavy (non-hydrogen) atoms. The molecule has 0 radical (unpaired) electrons. The topological polar surface area (TPSA) is 52.6 Å². The Labute approximate surface area is 106 Å². The monoisotopic (exact) mass is 292 g/mol. The highest BCUT2D eigenvalue weighted by molar-refractivity contribution is 7.87. The fourth-order valence-electron chi connectivity index (χ4n) is 1.07. The SMILES string of the molecule is CCCCOCCCCCOS(=O)(=O)C(F)(F)F. The van der Waals surface area contributed by atoms with E-state index in [9.17, 15) is 21.6 Å². The third kappa shape index (κ3) is 7.88. The van der Waals surface area contributed by atoms with Crippen molar-refractivity contribution in [2.45, 2.75) is 44.5 Å². The van der Waals surface area contributed by atoms with Crippen molar-refractivity contribution in [3.63, 3.8) is 0 Å². The van der Waals surface area contributed by atoms with Gasteiger partial charge in [0, 0.05) is 13.2 Å². The van der Waals surface area contributed by atoms with E-state index in [1.54, 1.807) is 0 Å². The first-order valence-electron chi connectivity index (χ1n) is 5.84. The first-order chi connectivity index (χ1) is 8.31. The molecule has 0 unspecified atom stereocenters. The molecule has 0 rings (SSSR count). The third-order valence-electron chi connectivity index (χ3n) is 2.10. The molecule has 0 N–H and O–H groups in total. The second-order valence-electron chi connectivity index (χ2n) is 3.75. The van der Waals surface area contributed by atoms with Gasteiger partial charge in [-0.25, -0.2) is 0 Å². The van der Waals surface area contributed by atoms with Gasteiger partial charge in [0.1, 0.15) is 0 Å². The number of unbranched alkanes of at least 4 members (excludes halogenated alkanes) is 3. The van der Waals surface area contributed by atoms with E-state index in [0.717, 1.165) is 12.8 Å². The van der Waals surface area contributed by atoms with E-state index in [1.165, 1.54) is 0 Å². The zero-order chi connectivity index (χ0) is 14.1. The summed E-state index contributed by atoms with van der Waals surface area (Å²) < 4.78 is 65.6. The maximum Gasteiger partial charge on any atom is 0.523 e. The van der Waals surface area contributed by atoms with Crippen LogP contribution in [0.1, 0.15) is 39.0 Å². The summed E-state index contributed by atoms with van der Waals surface area (Å²) in [6, 6.07) is 0. The summed E-state index contributed by atoms with van der Waals surface area (Å²) in [7, 11) is -5.43. The van der Waals surface area contributed by atoms with E-state index in [4.69, 9.17) is 4.74 Å². The van der Waals surface area contributed by atoms with Crippen LogP contribution < -0.4 is 0 Å². The molecule has 4 nitrogen and oxygen atoms in total. The van der Waals surface area contributed by atoms with Crippen molar-refractivity contribution in [1.29, 1.82) is 0 Å². The van der Waals surface area contributed by atoms with E-state index in [1.807, 2.05) is 6.92 Å². The van der Waals surface area contributed by atoms with Crippen LogP contribution in [0.25, 0.3) is 0 Å². The molecule has 0 atom stereocenters. The lowest BCUT2D eigenvalue weighted by Crippen LogP contribution is -2.25. The molecule has 0 aromatic heterocycles. The van der Waals surface area contributed by atoms with Crippen molar-refractivity contribution in [3.8, 4) is 0 Å². The first kappa shape index (κ1) is 17.7. The van der Waals surface area contributed by atoms with Crippen LogP contribution in [-0.2, 0) is 19.0 Å². The molecule has 0 bridgehead atoms. The Hall–Kier alpha value is -0.340. The van der Waals surface area contributed by atoms with Crippen LogP contribution in [-0.4, -0.2) is 33.7 Å². The number of alkyl halides is 3. The lowest BCUT2D eigenvalue weighted by molar-refractivity contribution is -0.0543.